The lowest BCUT2D eigenvalue weighted by Crippen LogP contribution is -2.45. The summed E-state index contributed by atoms with van der Waals surface area (Å²) in [5.74, 6) is 1.36. The van der Waals surface area contributed by atoms with E-state index in [1.165, 1.54) is 0 Å². The topological polar surface area (TPSA) is 39.1 Å². The molecular formula is C15H18BrN3. The van der Waals surface area contributed by atoms with Gasteiger partial charge < -0.3 is 10.2 Å². The predicted octanol–water partition coefficient (Wildman–Crippen LogP) is 2.75. The molecule has 0 saturated carbocycles. The number of benzene rings is 1. The van der Waals surface area contributed by atoms with Crippen LogP contribution in [0.3, 0.4) is 0 Å². The van der Waals surface area contributed by atoms with E-state index in [1.54, 1.807) is 0 Å². The molecule has 2 unspecified atom stereocenters. The molecule has 2 atom stereocenters. The van der Waals surface area contributed by atoms with Crippen molar-refractivity contribution in [1.29, 1.82) is 5.26 Å². The fraction of sp³-hybridized carbons (Fsp3) is 0.533. The second-order valence-electron chi connectivity index (χ2n) is 6.03. The van der Waals surface area contributed by atoms with Crippen molar-refractivity contribution < 1.29 is 0 Å². The predicted molar refractivity (Wildman–Crippen MR) is 80.1 cm³/mol. The Balaban J connectivity index is 2.04. The quantitative estimate of drug-likeness (QED) is 0.865. The number of fused-ring (bicyclic) bond motifs is 1. The second kappa shape index (κ2) is 4.50. The molecule has 0 bridgehead atoms. The minimum absolute atomic E-state index is 0.0978. The van der Waals surface area contributed by atoms with Gasteiger partial charge in [-0.1, -0.05) is 6.07 Å². The zero-order chi connectivity index (χ0) is 13.6. The summed E-state index contributed by atoms with van der Waals surface area (Å²) >= 11 is 3.49. The van der Waals surface area contributed by atoms with Crippen LogP contribution in [0.4, 0.5) is 5.69 Å². The van der Waals surface area contributed by atoms with Crippen molar-refractivity contribution in [1.82, 2.24) is 5.32 Å². The van der Waals surface area contributed by atoms with Gasteiger partial charge in [0.2, 0.25) is 0 Å². The average Bonchev–Trinajstić information content (AvgIpc) is 2.92. The van der Waals surface area contributed by atoms with E-state index in [9.17, 15) is 5.26 Å². The van der Waals surface area contributed by atoms with E-state index in [0.29, 0.717) is 11.8 Å². The van der Waals surface area contributed by atoms with Gasteiger partial charge in [-0.25, -0.2) is 0 Å². The van der Waals surface area contributed by atoms with Crippen LogP contribution in [0.5, 0.6) is 0 Å². The third kappa shape index (κ3) is 1.87. The van der Waals surface area contributed by atoms with Crippen molar-refractivity contribution in [2.75, 3.05) is 24.5 Å². The Hall–Kier alpha value is -1.05. The van der Waals surface area contributed by atoms with Gasteiger partial charge in [0.25, 0.3) is 0 Å². The van der Waals surface area contributed by atoms with Gasteiger partial charge in [-0.3, -0.25) is 0 Å². The van der Waals surface area contributed by atoms with Gasteiger partial charge in [0.05, 0.1) is 11.3 Å². The monoisotopic (exact) mass is 319 g/mol. The summed E-state index contributed by atoms with van der Waals surface area (Å²) in [7, 11) is 0. The molecule has 2 saturated heterocycles. The Bertz CT molecular complexity index is 547. The average molecular weight is 320 g/mol. The highest BCUT2D eigenvalue weighted by molar-refractivity contribution is 9.10. The van der Waals surface area contributed by atoms with Crippen molar-refractivity contribution >= 4 is 21.6 Å². The van der Waals surface area contributed by atoms with Crippen LogP contribution in [0, 0.1) is 23.2 Å². The Morgan fingerprint density at radius 3 is 2.89 bits per heavy atom. The summed E-state index contributed by atoms with van der Waals surface area (Å²) in [5, 5.41) is 12.9. The van der Waals surface area contributed by atoms with E-state index in [-0.39, 0.29) is 5.54 Å². The first-order valence-electron chi connectivity index (χ1n) is 6.72. The normalized spacial score (nSPS) is 28.2. The molecule has 19 heavy (non-hydrogen) atoms. The number of hydrogen-bond acceptors (Lipinski definition) is 3. The zero-order valence-corrected chi connectivity index (χ0v) is 12.9. The highest BCUT2D eigenvalue weighted by Gasteiger charge is 2.50. The molecule has 0 aromatic heterocycles. The Morgan fingerprint density at radius 1 is 1.42 bits per heavy atom. The molecule has 3 rings (SSSR count). The van der Waals surface area contributed by atoms with E-state index in [0.717, 1.165) is 35.4 Å². The number of nitrogens with one attached hydrogen (secondary N) is 1. The van der Waals surface area contributed by atoms with Crippen LogP contribution in [0.15, 0.2) is 22.7 Å². The molecule has 0 aliphatic carbocycles. The van der Waals surface area contributed by atoms with Gasteiger partial charge in [0, 0.05) is 29.6 Å². The molecule has 0 spiro atoms. The highest BCUT2D eigenvalue weighted by atomic mass is 79.9. The SMILES string of the molecule is CC1(C)C2CNCC2CN1c1cccc(Br)c1C#N. The first kappa shape index (κ1) is 13.0. The second-order valence-corrected chi connectivity index (χ2v) is 6.89. The van der Waals surface area contributed by atoms with Crippen LogP contribution in [-0.2, 0) is 0 Å². The van der Waals surface area contributed by atoms with E-state index >= 15 is 0 Å². The van der Waals surface area contributed by atoms with Crippen LogP contribution in [-0.4, -0.2) is 25.2 Å². The summed E-state index contributed by atoms with van der Waals surface area (Å²) in [6.45, 7) is 7.82. The van der Waals surface area contributed by atoms with E-state index in [2.05, 4.69) is 52.1 Å². The highest BCUT2D eigenvalue weighted by Crippen LogP contribution is 2.44. The van der Waals surface area contributed by atoms with Crippen molar-refractivity contribution in [3.8, 4) is 6.07 Å². The molecule has 100 valence electrons. The van der Waals surface area contributed by atoms with Crippen LogP contribution in [0.1, 0.15) is 19.4 Å². The molecule has 1 aromatic carbocycles. The van der Waals surface area contributed by atoms with Crippen LogP contribution in [0.2, 0.25) is 0 Å². The zero-order valence-electron chi connectivity index (χ0n) is 11.3. The van der Waals surface area contributed by atoms with Crippen molar-refractivity contribution in [3.05, 3.63) is 28.2 Å². The molecule has 0 amide bonds. The Morgan fingerprint density at radius 2 is 2.21 bits per heavy atom. The van der Waals surface area contributed by atoms with E-state index in [1.807, 2.05) is 12.1 Å². The Kier molecular flexibility index (Phi) is 3.07. The summed E-state index contributed by atoms with van der Waals surface area (Å²) in [6, 6.07) is 8.36. The van der Waals surface area contributed by atoms with Gasteiger partial charge >= 0.3 is 0 Å². The van der Waals surface area contributed by atoms with Gasteiger partial charge in [-0.05, 0) is 53.7 Å². The molecule has 1 N–H and O–H groups in total. The summed E-state index contributed by atoms with van der Waals surface area (Å²) < 4.78 is 0.887. The maximum atomic E-state index is 9.41. The number of rotatable bonds is 1. The molecule has 3 nitrogen and oxygen atoms in total. The van der Waals surface area contributed by atoms with Gasteiger partial charge in [0.15, 0.2) is 0 Å². The minimum Gasteiger partial charge on any atom is -0.365 e. The largest absolute Gasteiger partial charge is 0.365 e. The number of halogens is 1. The lowest BCUT2D eigenvalue weighted by molar-refractivity contribution is 0.357. The molecule has 0 radical (unpaired) electrons. The standard InChI is InChI=1S/C15H18BrN3/c1-15(2)12-8-18-7-10(12)9-19(15)14-5-3-4-13(16)11(14)6-17/h3-5,10,12,18H,7-9H2,1-2H3. The van der Waals surface area contributed by atoms with Crippen molar-refractivity contribution in [2.45, 2.75) is 19.4 Å². The summed E-state index contributed by atoms with van der Waals surface area (Å²) in [4.78, 5) is 2.42. The minimum atomic E-state index is 0.0978. The molecule has 2 aliphatic rings. The molecule has 4 heteroatoms. The first-order chi connectivity index (χ1) is 9.05. The maximum absolute atomic E-state index is 9.41. The molecule has 1 aromatic rings. The maximum Gasteiger partial charge on any atom is 0.103 e. The first-order valence-corrected chi connectivity index (χ1v) is 7.52. The number of anilines is 1. The van der Waals surface area contributed by atoms with Gasteiger partial charge in [-0.2, -0.15) is 5.26 Å². The summed E-state index contributed by atoms with van der Waals surface area (Å²) in [5.41, 5.74) is 1.92. The molecule has 2 fully saturated rings. The molecule has 2 heterocycles. The fourth-order valence-electron chi connectivity index (χ4n) is 3.68. The van der Waals surface area contributed by atoms with Crippen molar-refractivity contribution in [2.24, 2.45) is 11.8 Å². The third-order valence-corrected chi connectivity index (χ3v) is 5.42. The summed E-state index contributed by atoms with van der Waals surface area (Å²) in [6.07, 6.45) is 0. The lowest BCUT2D eigenvalue weighted by Gasteiger charge is -2.38. The fourth-order valence-corrected chi connectivity index (χ4v) is 4.12. The molecular weight excluding hydrogens is 302 g/mol. The van der Waals surface area contributed by atoms with E-state index < -0.39 is 0 Å². The van der Waals surface area contributed by atoms with Crippen molar-refractivity contribution in [3.63, 3.8) is 0 Å². The number of nitriles is 1. The third-order valence-electron chi connectivity index (χ3n) is 4.75. The van der Waals surface area contributed by atoms with Crippen LogP contribution < -0.4 is 10.2 Å². The van der Waals surface area contributed by atoms with Crippen LogP contribution in [0.25, 0.3) is 0 Å². The lowest BCUT2D eigenvalue weighted by atomic mass is 9.84. The number of nitrogens with zero attached hydrogens (tertiary/aromatic N) is 2. The van der Waals surface area contributed by atoms with E-state index in [4.69, 9.17) is 0 Å². The number of hydrogen-bond donors (Lipinski definition) is 1. The smallest absolute Gasteiger partial charge is 0.103 e. The van der Waals surface area contributed by atoms with Gasteiger partial charge in [0.1, 0.15) is 6.07 Å². The van der Waals surface area contributed by atoms with Gasteiger partial charge in [-0.15, -0.1) is 0 Å². The van der Waals surface area contributed by atoms with Crippen LogP contribution >= 0.6 is 15.9 Å². The Labute approximate surface area is 122 Å². The molecule has 2 aliphatic heterocycles.